The van der Waals surface area contributed by atoms with Crippen LogP contribution in [0.25, 0.3) is 0 Å². The summed E-state index contributed by atoms with van der Waals surface area (Å²) in [6, 6.07) is 8.07. The third-order valence-electron chi connectivity index (χ3n) is 5.57. The van der Waals surface area contributed by atoms with Gasteiger partial charge in [-0.3, -0.25) is 9.79 Å². The number of amides is 1. The van der Waals surface area contributed by atoms with Gasteiger partial charge in [-0.25, -0.2) is 4.99 Å². The second-order valence-electron chi connectivity index (χ2n) is 7.31. The number of benzene rings is 1. The molecule has 0 aromatic heterocycles. The molecule has 1 amide bonds. The van der Waals surface area contributed by atoms with Crippen LogP contribution in [0.1, 0.15) is 18.9 Å². The Morgan fingerprint density at radius 3 is 2.75 bits per heavy atom. The summed E-state index contributed by atoms with van der Waals surface area (Å²) in [5, 5.41) is 0. The van der Waals surface area contributed by atoms with Crippen LogP contribution in [-0.2, 0) is 11.2 Å². The Balaban J connectivity index is 1.35. The van der Waals surface area contributed by atoms with Crippen LogP contribution in [0.3, 0.4) is 0 Å². The number of nitrogens with zero attached hydrogens (tertiary/aromatic N) is 5. The van der Waals surface area contributed by atoms with Gasteiger partial charge in [0.25, 0.3) is 0 Å². The number of amidine groups is 1. The van der Waals surface area contributed by atoms with E-state index >= 15 is 0 Å². The van der Waals surface area contributed by atoms with Gasteiger partial charge >= 0.3 is 0 Å². The topological polar surface area (TPSA) is 60.7 Å². The molecule has 7 nitrogen and oxygen atoms in total. The number of rotatable bonds is 5. The molecule has 28 heavy (non-hydrogen) atoms. The number of carbonyl (C=O) groups excluding carboxylic acids is 1. The molecule has 1 aromatic carbocycles. The van der Waals surface area contributed by atoms with Crippen molar-refractivity contribution in [1.29, 1.82) is 0 Å². The van der Waals surface area contributed by atoms with Crippen molar-refractivity contribution < 1.29 is 9.53 Å². The van der Waals surface area contributed by atoms with E-state index in [9.17, 15) is 4.79 Å². The van der Waals surface area contributed by atoms with E-state index in [4.69, 9.17) is 9.73 Å². The van der Waals surface area contributed by atoms with E-state index in [1.165, 1.54) is 0 Å². The number of methoxy groups -OCH3 is 1. The molecule has 0 saturated carbocycles. The molecule has 1 saturated heterocycles. The van der Waals surface area contributed by atoms with E-state index in [0.29, 0.717) is 25.6 Å². The maximum atomic E-state index is 12.7. The van der Waals surface area contributed by atoms with Crippen molar-refractivity contribution in [2.75, 3.05) is 39.8 Å². The first-order valence-corrected chi connectivity index (χ1v) is 9.93. The average molecular weight is 381 g/mol. The summed E-state index contributed by atoms with van der Waals surface area (Å²) in [6.07, 6.45) is 5.38. The predicted octanol–water partition coefficient (Wildman–Crippen LogP) is 1.76. The van der Waals surface area contributed by atoms with E-state index < -0.39 is 0 Å². The lowest BCUT2D eigenvalue weighted by molar-refractivity contribution is -0.132. The van der Waals surface area contributed by atoms with Gasteiger partial charge in [-0.15, -0.1) is 0 Å². The largest absolute Gasteiger partial charge is 0.496 e. The summed E-state index contributed by atoms with van der Waals surface area (Å²) in [6.45, 7) is 6.06. The molecule has 1 fully saturated rings. The third-order valence-corrected chi connectivity index (χ3v) is 5.57. The number of piperazine rings is 1. The smallest absolute Gasteiger partial charge is 0.227 e. The second-order valence-corrected chi connectivity index (χ2v) is 7.31. The van der Waals surface area contributed by atoms with Crippen molar-refractivity contribution in [3.8, 4) is 5.75 Å². The molecule has 0 spiro atoms. The highest BCUT2D eigenvalue weighted by atomic mass is 16.5. The number of hydrogen-bond acceptors (Lipinski definition) is 6. The number of carbonyl (C=O) groups is 1. The Kier molecular flexibility index (Phi) is 5.32. The van der Waals surface area contributed by atoms with Gasteiger partial charge in [0.15, 0.2) is 0 Å². The first-order valence-electron chi connectivity index (χ1n) is 9.93. The summed E-state index contributed by atoms with van der Waals surface area (Å²) < 4.78 is 5.36. The number of aliphatic imine (C=N–C) groups is 2. The first-order chi connectivity index (χ1) is 13.7. The Bertz CT molecular complexity index is 824. The lowest BCUT2D eigenvalue weighted by atomic mass is 10.1. The minimum absolute atomic E-state index is 0.141. The molecule has 1 atom stereocenters. The van der Waals surface area contributed by atoms with Crippen molar-refractivity contribution in [3.63, 3.8) is 0 Å². The number of fused-ring (bicyclic) bond motifs is 1. The Labute approximate surface area is 166 Å². The zero-order chi connectivity index (χ0) is 19.5. The van der Waals surface area contributed by atoms with Crippen LogP contribution in [0.15, 0.2) is 46.1 Å². The van der Waals surface area contributed by atoms with Gasteiger partial charge in [-0.05, 0) is 12.5 Å². The van der Waals surface area contributed by atoms with Crippen LogP contribution in [0, 0.1) is 0 Å². The molecule has 3 heterocycles. The molecule has 7 heteroatoms. The maximum Gasteiger partial charge on any atom is 0.227 e. The summed E-state index contributed by atoms with van der Waals surface area (Å²) in [5.41, 5.74) is 0.932. The standard InChI is InChI=1S/C21H27N5O2/c1-3-17-14-26-15-22-19(13-20(26)23-17)24-8-10-25(11-9-24)21(27)12-16-6-4-5-7-18(16)28-2/h4-7,13,15,17H,3,8-12,14H2,1-2H3/t17-/m0/s1. The minimum atomic E-state index is 0.141. The fourth-order valence-corrected chi connectivity index (χ4v) is 3.83. The van der Waals surface area contributed by atoms with Crippen molar-refractivity contribution >= 4 is 18.1 Å². The first kappa shape index (κ1) is 18.5. The Morgan fingerprint density at radius 2 is 2.00 bits per heavy atom. The van der Waals surface area contributed by atoms with Crippen LogP contribution >= 0.6 is 0 Å². The highest BCUT2D eigenvalue weighted by Gasteiger charge is 2.28. The quantitative estimate of drug-likeness (QED) is 0.780. The maximum absolute atomic E-state index is 12.7. The number of para-hydroxylation sites is 1. The van der Waals surface area contributed by atoms with E-state index in [1.807, 2.05) is 35.5 Å². The fraction of sp³-hybridized carbons (Fsp3) is 0.476. The molecule has 148 valence electrons. The molecule has 0 bridgehead atoms. The lowest BCUT2D eigenvalue weighted by Gasteiger charge is -2.37. The van der Waals surface area contributed by atoms with E-state index in [-0.39, 0.29) is 5.91 Å². The van der Waals surface area contributed by atoms with Crippen molar-refractivity contribution in [3.05, 3.63) is 41.7 Å². The predicted molar refractivity (Wildman–Crippen MR) is 110 cm³/mol. The molecule has 3 aliphatic rings. The van der Waals surface area contributed by atoms with E-state index in [2.05, 4.69) is 27.8 Å². The zero-order valence-electron chi connectivity index (χ0n) is 16.5. The van der Waals surface area contributed by atoms with Gasteiger partial charge in [-0.1, -0.05) is 25.1 Å². The van der Waals surface area contributed by atoms with Gasteiger partial charge in [-0.2, -0.15) is 0 Å². The molecule has 1 aromatic rings. The summed E-state index contributed by atoms with van der Waals surface area (Å²) in [5.74, 6) is 2.86. The Morgan fingerprint density at radius 1 is 1.21 bits per heavy atom. The fourth-order valence-electron chi connectivity index (χ4n) is 3.83. The van der Waals surface area contributed by atoms with E-state index in [0.717, 1.165) is 49.0 Å². The highest BCUT2D eigenvalue weighted by Crippen LogP contribution is 2.21. The Hall–Kier alpha value is -2.83. The lowest BCUT2D eigenvalue weighted by Crippen LogP contribution is -2.49. The summed E-state index contributed by atoms with van der Waals surface area (Å²) in [7, 11) is 1.64. The van der Waals surface area contributed by atoms with Gasteiger partial charge in [0.05, 0.1) is 25.9 Å². The van der Waals surface area contributed by atoms with Crippen LogP contribution in [0.5, 0.6) is 5.75 Å². The molecule has 4 rings (SSSR count). The zero-order valence-corrected chi connectivity index (χ0v) is 16.5. The van der Waals surface area contributed by atoms with E-state index in [1.54, 1.807) is 7.11 Å². The average Bonchev–Trinajstić information content (AvgIpc) is 3.16. The molecular formula is C21H27N5O2. The molecular weight excluding hydrogens is 354 g/mol. The van der Waals surface area contributed by atoms with Gasteiger partial charge in [0.2, 0.25) is 5.91 Å². The molecule has 0 radical (unpaired) electrons. The summed E-state index contributed by atoms with van der Waals surface area (Å²) >= 11 is 0. The minimum Gasteiger partial charge on any atom is -0.496 e. The van der Waals surface area contributed by atoms with Crippen molar-refractivity contribution in [2.45, 2.75) is 25.8 Å². The van der Waals surface area contributed by atoms with Gasteiger partial charge in [0, 0.05) is 44.4 Å². The van der Waals surface area contributed by atoms with Gasteiger partial charge < -0.3 is 19.4 Å². The molecule has 0 unspecified atom stereocenters. The molecule has 0 aliphatic carbocycles. The monoisotopic (exact) mass is 381 g/mol. The van der Waals surface area contributed by atoms with Crippen LogP contribution < -0.4 is 4.74 Å². The number of hydrogen-bond donors (Lipinski definition) is 0. The normalized spacial score (nSPS) is 21.4. The van der Waals surface area contributed by atoms with Crippen molar-refractivity contribution in [2.24, 2.45) is 9.98 Å². The van der Waals surface area contributed by atoms with Crippen LogP contribution in [-0.4, -0.2) is 78.7 Å². The van der Waals surface area contributed by atoms with Crippen LogP contribution in [0.2, 0.25) is 0 Å². The molecule has 3 aliphatic heterocycles. The highest BCUT2D eigenvalue weighted by molar-refractivity contribution is 6.03. The van der Waals surface area contributed by atoms with Crippen LogP contribution in [0.4, 0.5) is 0 Å². The SMILES string of the molecule is CC[C@H]1CN2C=NC(N3CCN(C(=O)Cc4ccccc4OC)CC3)=CC2=N1. The second kappa shape index (κ2) is 8.04. The van der Waals surface area contributed by atoms with Gasteiger partial charge in [0.1, 0.15) is 17.4 Å². The third kappa shape index (κ3) is 3.74. The number of ether oxygens (including phenoxy) is 1. The summed E-state index contributed by atoms with van der Waals surface area (Å²) in [4.78, 5) is 28.4. The molecule has 0 N–H and O–H groups in total. The van der Waals surface area contributed by atoms with Crippen molar-refractivity contribution in [1.82, 2.24) is 14.7 Å².